The molecular formula is C14H18N2. The summed E-state index contributed by atoms with van der Waals surface area (Å²) in [6, 6.07) is 8.83. The van der Waals surface area contributed by atoms with Gasteiger partial charge in [-0.1, -0.05) is 13.3 Å². The molecule has 0 heterocycles. The Labute approximate surface area is 97.3 Å². The maximum Gasteiger partial charge on any atom is 0.0994 e. The fourth-order valence-electron chi connectivity index (χ4n) is 2.21. The van der Waals surface area contributed by atoms with Gasteiger partial charge >= 0.3 is 0 Å². The molecule has 1 aromatic carbocycles. The highest BCUT2D eigenvalue weighted by atomic mass is 15.0. The second kappa shape index (κ2) is 4.57. The van der Waals surface area contributed by atoms with E-state index in [0.717, 1.165) is 22.7 Å². The van der Waals surface area contributed by atoms with Crippen LogP contribution in [0.5, 0.6) is 0 Å². The molecule has 16 heavy (non-hydrogen) atoms. The smallest absolute Gasteiger partial charge is 0.0994 e. The van der Waals surface area contributed by atoms with Crippen molar-refractivity contribution in [1.29, 1.82) is 5.26 Å². The summed E-state index contributed by atoms with van der Waals surface area (Å²) in [5.41, 5.74) is 2.98. The monoisotopic (exact) mass is 214 g/mol. The minimum Gasteiger partial charge on any atom is -0.382 e. The van der Waals surface area contributed by atoms with Gasteiger partial charge in [0.2, 0.25) is 0 Å². The molecule has 84 valence electrons. The average molecular weight is 214 g/mol. The Bertz CT molecular complexity index is 417. The van der Waals surface area contributed by atoms with Crippen LogP contribution in [0, 0.1) is 24.2 Å². The Morgan fingerprint density at radius 2 is 2.31 bits per heavy atom. The van der Waals surface area contributed by atoms with E-state index in [1.165, 1.54) is 19.3 Å². The summed E-state index contributed by atoms with van der Waals surface area (Å²) < 4.78 is 0. The van der Waals surface area contributed by atoms with Crippen LogP contribution in [-0.2, 0) is 0 Å². The first kappa shape index (κ1) is 11.0. The van der Waals surface area contributed by atoms with Crippen molar-refractivity contribution in [2.24, 2.45) is 5.92 Å². The van der Waals surface area contributed by atoms with E-state index in [-0.39, 0.29) is 0 Å². The molecule has 2 nitrogen and oxygen atoms in total. The second-order valence-corrected chi connectivity index (χ2v) is 4.68. The van der Waals surface area contributed by atoms with Crippen LogP contribution in [-0.4, -0.2) is 6.04 Å². The molecule has 0 saturated heterocycles. The summed E-state index contributed by atoms with van der Waals surface area (Å²) in [5.74, 6) is 0.862. The number of anilines is 1. The van der Waals surface area contributed by atoms with Crippen LogP contribution in [0.3, 0.4) is 0 Å². The number of rotatable bonds is 4. The molecule has 2 atom stereocenters. The standard InChI is InChI=1S/C14H18N2/c1-3-4-11-8-14(11)16-13-6-5-12(9-15)10(2)7-13/h5-7,11,14,16H,3-4,8H2,1-2H3. The van der Waals surface area contributed by atoms with Gasteiger partial charge in [0.1, 0.15) is 0 Å². The molecule has 0 spiro atoms. The summed E-state index contributed by atoms with van der Waals surface area (Å²) in [7, 11) is 0. The Morgan fingerprint density at radius 1 is 1.50 bits per heavy atom. The van der Waals surface area contributed by atoms with Crippen molar-refractivity contribution in [1.82, 2.24) is 0 Å². The van der Waals surface area contributed by atoms with Gasteiger partial charge < -0.3 is 5.32 Å². The summed E-state index contributed by atoms with van der Waals surface area (Å²) >= 11 is 0. The van der Waals surface area contributed by atoms with Gasteiger partial charge in [-0.3, -0.25) is 0 Å². The Morgan fingerprint density at radius 3 is 2.94 bits per heavy atom. The number of hydrogen-bond acceptors (Lipinski definition) is 2. The van der Waals surface area contributed by atoms with Gasteiger partial charge in [-0.15, -0.1) is 0 Å². The van der Waals surface area contributed by atoms with E-state index in [2.05, 4.69) is 24.4 Å². The Kier molecular flexibility index (Phi) is 3.14. The van der Waals surface area contributed by atoms with E-state index in [9.17, 15) is 0 Å². The van der Waals surface area contributed by atoms with E-state index < -0.39 is 0 Å². The number of benzene rings is 1. The van der Waals surface area contributed by atoms with E-state index in [1.54, 1.807) is 0 Å². The largest absolute Gasteiger partial charge is 0.382 e. The molecule has 1 aromatic rings. The number of nitrogens with zero attached hydrogens (tertiary/aromatic N) is 1. The van der Waals surface area contributed by atoms with Gasteiger partial charge in [0.25, 0.3) is 0 Å². The van der Waals surface area contributed by atoms with Crippen molar-refractivity contribution in [2.45, 2.75) is 39.2 Å². The van der Waals surface area contributed by atoms with Gasteiger partial charge in [0.15, 0.2) is 0 Å². The highest BCUT2D eigenvalue weighted by Gasteiger charge is 2.35. The zero-order chi connectivity index (χ0) is 11.5. The molecule has 0 bridgehead atoms. The molecule has 2 rings (SSSR count). The minimum atomic E-state index is 0.660. The third kappa shape index (κ3) is 2.36. The predicted octanol–water partition coefficient (Wildman–Crippen LogP) is 3.47. The fraction of sp³-hybridized carbons (Fsp3) is 0.500. The quantitative estimate of drug-likeness (QED) is 0.833. The lowest BCUT2D eigenvalue weighted by atomic mass is 10.1. The number of aryl methyl sites for hydroxylation is 1. The predicted molar refractivity (Wildman–Crippen MR) is 66.3 cm³/mol. The lowest BCUT2D eigenvalue weighted by Gasteiger charge is -2.07. The van der Waals surface area contributed by atoms with Crippen molar-refractivity contribution in [2.75, 3.05) is 5.32 Å². The lowest BCUT2D eigenvalue weighted by Crippen LogP contribution is -2.04. The highest BCUT2D eigenvalue weighted by molar-refractivity contribution is 5.52. The van der Waals surface area contributed by atoms with Crippen LogP contribution in [0.15, 0.2) is 18.2 Å². The first-order valence-corrected chi connectivity index (χ1v) is 6.02. The summed E-state index contributed by atoms with van der Waals surface area (Å²) in [6.07, 6.45) is 3.90. The summed E-state index contributed by atoms with van der Waals surface area (Å²) in [4.78, 5) is 0. The molecule has 0 amide bonds. The van der Waals surface area contributed by atoms with Crippen LogP contribution in [0.4, 0.5) is 5.69 Å². The molecule has 1 aliphatic carbocycles. The molecule has 1 N–H and O–H groups in total. The SMILES string of the molecule is CCCC1CC1Nc1ccc(C#N)c(C)c1. The van der Waals surface area contributed by atoms with Crippen molar-refractivity contribution in [3.05, 3.63) is 29.3 Å². The van der Waals surface area contributed by atoms with Crippen LogP contribution in [0.1, 0.15) is 37.3 Å². The zero-order valence-corrected chi connectivity index (χ0v) is 9.96. The first-order valence-electron chi connectivity index (χ1n) is 6.02. The van der Waals surface area contributed by atoms with E-state index in [0.29, 0.717) is 6.04 Å². The molecule has 0 aliphatic heterocycles. The van der Waals surface area contributed by atoms with Crippen molar-refractivity contribution in [3.8, 4) is 6.07 Å². The molecule has 1 fully saturated rings. The van der Waals surface area contributed by atoms with E-state index in [4.69, 9.17) is 5.26 Å². The van der Waals surface area contributed by atoms with Crippen LogP contribution in [0.25, 0.3) is 0 Å². The minimum absolute atomic E-state index is 0.660. The number of nitrogens with one attached hydrogen (secondary N) is 1. The fourth-order valence-corrected chi connectivity index (χ4v) is 2.21. The second-order valence-electron chi connectivity index (χ2n) is 4.68. The topological polar surface area (TPSA) is 35.8 Å². The van der Waals surface area contributed by atoms with Crippen molar-refractivity contribution < 1.29 is 0 Å². The van der Waals surface area contributed by atoms with Crippen molar-refractivity contribution >= 4 is 5.69 Å². The third-order valence-electron chi connectivity index (χ3n) is 3.28. The maximum absolute atomic E-state index is 8.85. The molecule has 2 heteroatoms. The number of hydrogen-bond donors (Lipinski definition) is 1. The van der Waals surface area contributed by atoms with Crippen LogP contribution in [0.2, 0.25) is 0 Å². The lowest BCUT2D eigenvalue weighted by molar-refractivity contribution is 0.693. The van der Waals surface area contributed by atoms with Gasteiger partial charge in [0, 0.05) is 11.7 Å². The zero-order valence-electron chi connectivity index (χ0n) is 9.96. The molecule has 1 aliphatic rings. The highest BCUT2D eigenvalue weighted by Crippen LogP contribution is 2.37. The summed E-state index contributed by atoms with van der Waals surface area (Å²) in [6.45, 7) is 4.22. The molecular weight excluding hydrogens is 196 g/mol. The third-order valence-corrected chi connectivity index (χ3v) is 3.28. The average Bonchev–Trinajstić information content (AvgIpc) is 2.97. The molecule has 2 unspecified atom stereocenters. The molecule has 1 saturated carbocycles. The van der Waals surface area contributed by atoms with Crippen molar-refractivity contribution in [3.63, 3.8) is 0 Å². The first-order chi connectivity index (χ1) is 7.74. The van der Waals surface area contributed by atoms with E-state index in [1.807, 2.05) is 19.1 Å². The summed E-state index contributed by atoms with van der Waals surface area (Å²) in [5, 5.41) is 12.4. The Hall–Kier alpha value is -1.49. The van der Waals surface area contributed by atoms with E-state index >= 15 is 0 Å². The van der Waals surface area contributed by atoms with Gasteiger partial charge in [0.05, 0.1) is 11.6 Å². The Balaban J connectivity index is 1.97. The van der Waals surface area contributed by atoms with Gasteiger partial charge in [-0.2, -0.15) is 5.26 Å². The molecule has 0 aromatic heterocycles. The van der Waals surface area contributed by atoms with Gasteiger partial charge in [-0.25, -0.2) is 0 Å². The maximum atomic E-state index is 8.85. The van der Waals surface area contributed by atoms with Crippen LogP contribution >= 0.6 is 0 Å². The van der Waals surface area contributed by atoms with Crippen LogP contribution < -0.4 is 5.32 Å². The number of nitriles is 1. The normalized spacial score (nSPS) is 22.6. The van der Waals surface area contributed by atoms with Gasteiger partial charge in [-0.05, 0) is 49.4 Å². The molecule has 0 radical (unpaired) electrons.